The smallest absolute Gasteiger partial charge is 0.164 e. The number of benzene rings is 1. The van der Waals surface area contributed by atoms with Gasteiger partial charge in [-0.1, -0.05) is 51.1 Å². The number of rotatable bonds is 5. The third kappa shape index (κ3) is 4.66. The summed E-state index contributed by atoms with van der Waals surface area (Å²) in [5, 5.41) is 1.95. The fraction of sp³-hybridized carbons (Fsp3) is 0.611. The van der Waals surface area contributed by atoms with Crippen molar-refractivity contribution in [2.24, 2.45) is 16.8 Å². The lowest BCUT2D eigenvalue weighted by molar-refractivity contribution is 0.279. The fourth-order valence-electron chi connectivity index (χ4n) is 2.80. The predicted octanol–water partition coefficient (Wildman–Crippen LogP) is 5.76. The van der Waals surface area contributed by atoms with Gasteiger partial charge in [-0.3, -0.25) is 0 Å². The quantitative estimate of drug-likeness (QED) is 0.678. The van der Waals surface area contributed by atoms with E-state index in [1.807, 2.05) is 30.0 Å². The molecule has 1 fully saturated rings. The lowest BCUT2D eigenvalue weighted by atomic mass is 10.0. The third-order valence-electron chi connectivity index (χ3n) is 3.77. The van der Waals surface area contributed by atoms with Gasteiger partial charge in [-0.2, -0.15) is 0 Å². The minimum absolute atomic E-state index is 0.610. The van der Waals surface area contributed by atoms with E-state index in [2.05, 4.69) is 39.5 Å². The van der Waals surface area contributed by atoms with Crippen molar-refractivity contribution in [2.45, 2.75) is 47.1 Å². The minimum atomic E-state index is 0.610. The molecule has 0 aromatic heterocycles. The maximum absolute atomic E-state index is 6.05. The Morgan fingerprint density at radius 1 is 1.27 bits per heavy atom. The molecule has 22 heavy (non-hydrogen) atoms. The Labute approximate surface area is 144 Å². The summed E-state index contributed by atoms with van der Waals surface area (Å²) in [6, 6.07) is 6.54. The van der Waals surface area contributed by atoms with E-state index < -0.39 is 0 Å². The van der Waals surface area contributed by atoms with E-state index in [0.717, 1.165) is 34.5 Å². The number of aryl methyl sites for hydroxylation is 1. The summed E-state index contributed by atoms with van der Waals surface area (Å²) >= 11 is 7.94. The van der Waals surface area contributed by atoms with Gasteiger partial charge in [-0.25, -0.2) is 4.99 Å². The van der Waals surface area contributed by atoms with Crippen LogP contribution in [0.15, 0.2) is 23.2 Å². The van der Waals surface area contributed by atoms with Gasteiger partial charge in [0.05, 0.1) is 5.69 Å². The van der Waals surface area contributed by atoms with E-state index in [4.69, 9.17) is 16.6 Å². The predicted molar refractivity (Wildman–Crippen MR) is 101 cm³/mol. The first-order valence-electron chi connectivity index (χ1n) is 8.11. The number of nitrogens with zero attached hydrogens (tertiary/aromatic N) is 2. The molecule has 2 rings (SSSR count). The number of hydrogen-bond acceptors (Lipinski definition) is 2. The largest absolute Gasteiger partial charge is 0.347 e. The molecule has 1 heterocycles. The van der Waals surface area contributed by atoms with Gasteiger partial charge >= 0.3 is 0 Å². The lowest BCUT2D eigenvalue weighted by Gasteiger charge is -2.29. The molecular formula is C18H27ClN2S. The SMILES string of the molecule is Cc1cc(Cl)ccc1N=C1SC[C@H](CC(C)C)N1CC(C)C. The van der Waals surface area contributed by atoms with Crippen LogP contribution < -0.4 is 0 Å². The molecule has 1 saturated heterocycles. The van der Waals surface area contributed by atoms with Crippen LogP contribution in [-0.2, 0) is 0 Å². The van der Waals surface area contributed by atoms with Gasteiger partial charge in [0, 0.05) is 23.4 Å². The summed E-state index contributed by atoms with van der Waals surface area (Å²) < 4.78 is 0. The van der Waals surface area contributed by atoms with Gasteiger partial charge < -0.3 is 4.90 Å². The van der Waals surface area contributed by atoms with Crippen molar-refractivity contribution >= 4 is 34.2 Å². The molecule has 0 unspecified atom stereocenters. The van der Waals surface area contributed by atoms with E-state index in [1.54, 1.807) is 0 Å². The molecule has 0 amide bonds. The van der Waals surface area contributed by atoms with Crippen LogP contribution >= 0.6 is 23.4 Å². The van der Waals surface area contributed by atoms with Crippen LogP contribution in [0.5, 0.6) is 0 Å². The van der Waals surface area contributed by atoms with Crippen LogP contribution in [0.25, 0.3) is 0 Å². The highest BCUT2D eigenvalue weighted by Gasteiger charge is 2.31. The number of halogens is 1. The summed E-state index contributed by atoms with van der Waals surface area (Å²) in [5.74, 6) is 2.51. The van der Waals surface area contributed by atoms with Crippen LogP contribution in [0.4, 0.5) is 5.69 Å². The summed E-state index contributed by atoms with van der Waals surface area (Å²) in [5.41, 5.74) is 2.17. The second-order valence-electron chi connectivity index (χ2n) is 6.97. The van der Waals surface area contributed by atoms with Crippen LogP contribution in [-0.4, -0.2) is 28.4 Å². The second-order valence-corrected chi connectivity index (χ2v) is 8.39. The van der Waals surface area contributed by atoms with E-state index in [-0.39, 0.29) is 0 Å². The van der Waals surface area contributed by atoms with Crippen molar-refractivity contribution in [1.82, 2.24) is 4.90 Å². The van der Waals surface area contributed by atoms with E-state index in [0.29, 0.717) is 12.0 Å². The molecule has 1 atom stereocenters. The minimum Gasteiger partial charge on any atom is -0.347 e. The second kappa shape index (κ2) is 7.74. The highest BCUT2D eigenvalue weighted by atomic mass is 35.5. The van der Waals surface area contributed by atoms with Crippen molar-refractivity contribution in [3.8, 4) is 0 Å². The number of thioether (sulfide) groups is 1. The Bertz CT molecular complexity index is 540. The first-order valence-corrected chi connectivity index (χ1v) is 9.47. The van der Waals surface area contributed by atoms with E-state index in [1.165, 1.54) is 11.6 Å². The zero-order chi connectivity index (χ0) is 16.3. The zero-order valence-corrected chi connectivity index (χ0v) is 15.8. The van der Waals surface area contributed by atoms with E-state index >= 15 is 0 Å². The van der Waals surface area contributed by atoms with Gasteiger partial charge in [0.15, 0.2) is 5.17 Å². The molecule has 1 aliphatic heterocycles. The number of amidine groups is 1. The molecule has 122 valence electrons. The third-order valence-corrected chi connectivity index (χ3v) is 5.14. The maximum Gasteiger partial charge on any atom is 0.164 e. The van der Waals surface area contributed by atoms with Crippen LogP contribution in [0.1, 0.15) is 39.7 Å². The fourth-order valence-corrected chi connectivity index (χ4v) is 4.24. The standard InChI is InChI=1S/C18H27ClN2S/c1-12(2)8-16-11-22-18(21(16)10-13(3)4)20-17-7-6-15(19)9-14(17)5/h6-7,9,12-13,16H,8,10-11H2,1-5H3/t16-/m0/s1. The molecule has 0 spiro atoms. The molecular weight excluding hydrogens is 312 g/mol. The Morgan fingerprint density at radius 3 is 2.59 bits per heavy atom. The number of hydrogen-bond donors (Lipinski definition) is 0. The number of aliphatic imine (C=N–C) groups is 1. The van der Waals surface area contributed by atoms with Crippen molar-refractivity contribution in [3.05, 3.63) is 28.8 Å². The molecule has 1 aliphatic rings. The average molecular weight is 339 g/mol. The normalized spacial score (nSPS) is 20.6. The van der Waals surface area contributed by atoms with Gasteiger partial charge in [-0.15, -0.1) is 0 Å². The Hall–Kier alpha value is -0.670. The van der Waals surface area contributed by atoms with Crippen molar-refractivity contribution in [1.29, 1.82) is 0 Å². The van der Waals surface area contributed by atoms with Gasteiger partial charge in [0.1, 0.15) is 0 Å². The summed E-state index contributed by atoms with van der Waals surface area (Å²) in [4.78, 5) is 7.45. The molecule has 0 saturated carbocycles. The van der Waals surface area contributed by atoms with Crippen molar-refractivity contribution in [2.75, 3.05) is 12.3 Å². The molecule has 1 aromatic rings. The van der Waals surface area contributed by atoms with Gasteiger partial charge in [0.2, 0.25) is 0 Å². The molecule has 1 aromatic carbocycles. The van der Waals surface area contributed by atoms with E-state index in [9.17, 15) is 0 Å². The molecule has 0 aliphatic carbocycles. The Balaban J connectivity index is 2.25. The first-order chi connectivity index (χ1) is 10.4. The lowest BCUT2D eigenvalue weighted by Crippen LogP contribution is -2.37. The maximum atomic E-state index is 6.05. The Kier molecular flexibility index (Phi) is 6.22. The topological polar surface area (TPSA) is 15.6 Å². The molecule has 4 heteroatoms. The van der Waals surface area contributed by atoms with Crippen LogP contribution in [0.2, 0.25) is 5.02 Å². The summed E-state index contributed by atoms with van der Waals surface area (Å²) in [7, 11) is 0. The van der Waals surface area contributed by atoms with Crippen molar-refractivity contribution < 1.29 is 0 Å². The van der Waals surface area contributed by atoms with Crippen molar-refractivity contribution in [3.63, 3.8) is 0 Å². The molecule has 0 N–H and O–H groups in total. The van der Waals surface area contributed by atoms with Crippen LogP contribution in [0.3, 0.4) is 0 Å². The monoisotopic (exact) mass is 338 g/mol. The molecule has 0 bridgehead atoms. The first kappa shape index (κ1) is 17.7. The summed E-state index contributed by atoms with van der Waals surface area (Å²) in [6.45, 7) is 12.3. The highest BCUT2D eigenvalue weighted by Crippen LogP contribution is 2.32. The molecule has 2 nitrogen and oxygen atoms in total. The van der Waals surface area contributed by atoms with Gasteiger partial charge in [0.25, 0.3) is 0 Å². The Morgan fingerprint density at radius 2 is 2.00 bits per heavy atom. The van der Waals surface area contributed by atoms with Crippen LogP contribution in [0, 0.1) is 18.8 Å². The highest BCUT2D eigenvalue weighted by molar-refractivity contribution is 8.14. The summed E-state index contributed by atoms with van der Waals surface area (Å²) in [6.07, 6.45) is 1.23. The zero-order valence-electron chi connectivity index (χ0n) is 14.3. The molecule has 0 radical (unpaired) electrons. The van der Waals surface area contributed by atoms with Gasteiger partial charge in [-0.05, 0) is 48.9 Å². The average Bonchev–Trinajstić information content (AvgIpc) is 2.74.